The van der Waals surface area contributed by atoms with Gasteiger partial charge in [-0.1, -0.05) is 6.07 Å². The monoisotopic (exact) mass is 314 g/mol. The quantitative estimate of drug-likeness (QED) is 0.868. The molecule has 0 bridgehead atoms. The fourth-order valence-electron chi connectivity index (χ4n) is 1.69. The Morgan fingerprint density at radius 3 is 2.50 bits per heavy atom. The minimum Gasteiger partial charge on any atom is -0.480 e. The van der Waals surface area contributed by atoms with E-state index in [4.69, 9.17) is 10.8 Å². The lowest BCUT2D eigenvalue weighted by atomic mass is 10.1. The van der Waals surface area contributed by atoms with Crippen LogP contribution in [-0.4, -0.2) is 29.6 Å². The van der Waals surface area contributed by atoms with Crippen LogP contribution in [0.25, 0.3) is 0 Å². The van der Waals surface area contributed by atoms with Crippen molar-refractivity contribution in [1.29, 1.82) is 0 Å². The number of rotatable bonds is 5. The van der Waals surface area contributed by atoms with E-state index in [9.17, 15) is 9.59 Å². The smallest absolute Gasteiger partial charge is 0.323 e. The fourth-order valence-corrected chi connectivity index (χ4v) is 2.24. The number of aliphatic carboxylic acids is 1. The maximum absolute atomic E-state index is 11.5. The van der Waals surface area contributed by atoms with Crippen molar-refractivity contribution in [2.24, 2.45) is 5.73 Å². The molecule has 0 unspecified atom stereocenters. The summed E-state index contributed by atoms with van der Waals surface area (Å²) in [4.78, 5) is 24.0. The highest BCUT2D eigenvalue weighted by atomic mass is 79.9. The van der Waals surface area contributed by atoms with Crippen LogP contribution in [0.4, 0.5) is 5.69 Å². The number of hydrogen-bond acceptors (Lipinski definition) is 3. The Morgan fingerprint density at radius 1 is 1.44 bits per heavy atom. The molecule has 1 amide bonds. The van der Waals surface area contributed by atoms with Crippen molar-refractivity contribution in [2.75, 3.05) is 11.4 Å². The van der Waals surface area contributed by atoms with Gasteiger partial charge in [-0.3, -0.25) is 9.59 Å². The van der Waals surface area contributed by atoms with Crippen molar-refractivity contribution in [3.05, 3.63) is 28.2 Å². The molecule has 0 aliphatic rings. The molecule has 0 atom stereocenters. The van der Waals surface area contributed by atoms with E-state index in [1.165, 1.54) is 0 Å². The predicted molar refractivity (Wildman–Crippen MR) is 72.8 cm³/mol. The van der Waals surface area contributed by atoms with E-state index in [1.807, 2.05) is 13.8 Å². The van der Waals surface area contributed by atoms with Gasteiger partial charge in [-0.2, -0.15) is 0 Å². The molecule has 0 radical (unpaired) electrons. The minimum absolute atomic E-state index is 0.0616. The van der Waals surface area contributed by atoms with Gasteiger partial charge in [0.05, 0.1) is 11.3 Å². The molecule has 5 nitrogen and oxygen atoms in total. The molecule has 1 aromatic rings. The number of anilines is 1. The number of primary amides is 1. The summed E-state index contributed by atoms with van der Waals surface area (Å²) in [5.41, 5.74) is 6.16. The number of carbonyl (C=O) groups excluding carboxylic acids is 1. The topological polar surface area (TPSA) is 83.6 Å². The maximum Gasteiger partial charge on any atom is 0.323 e. The van der Waals surface area contributed by atoms with Gasteiger partial charge in [-0.25, -0.2) is 0 Å². The zero-order valence-corrected chi connectivity index (χ0v) is 11.8. The highest BCUT2D eigenvalue weighted by Gasteiger charge is 2.21. The molecule has 1 rings (SSSR count). The lowest BCUT2D eigenvalue weighted by Crippen LogP contribution is -2.37. The molecule has 98 valence electrons. The van der Waals surface area contributed by atoms with Gasteiger partial charge in [0.1, 0.15) is 6.54 Å². The Kier molecular flexibility index (Phi) is 4.72. The van der Waals surface area contributed by atoms with E-state index in [2.05, 4.69) is 15.9 Å². The molecule has 3 N–H and O–H groups in total. The van der Waals surface area contributed by atoms with Gasteiger partial charge in [-0.05, 0) is 41.9 Å². The van der Waals surface area contributed by atoms with E-state index >= 15 is 0 Å². The van der Waals surface area contributed by atoms with Crippen molar-refractivity contribution in [2.45, 2.75) is 19.9 Å². The third-order valence-electron chi connectivity index (χ3n) is 2.48. The normalized spacial score (nSPS) is 10.4. The highest BCUT2D eigenvalue weighted by Crippen LogP contribution is 2.28. The van der Waals surface area contributed by atoms with Crippen LogP contribution in [0.3, 0.4) is 0 Å². The number of hydrogen-bond donors (Lipinski definition) is 2. The zero-order chi connectivity index (χ0) is 13.9. The number of halogens is 1. The summed E-state index contributed by atoms with van der Waals surface area (Å²) in [6.07, 6.45) is 0. The Labute approximate surface area is 114 Å². The average Bonchev–Trinajstić information content (AvgIpc) is 2.24. The molecule has 0 aliphatic carbocycles. The van der Waals surface area contributed by atoms with Crippen molar-refractivity contribution >= 4 is 33.5 Å². The Balaban J connectivity index is 3.32. The summed E-state index contributed by atoms with van der Waals surface area (Å²) in [6, 6.07) is 5.06. The standard InChI is InChI=1S/C12H15BrN2O3/c1-7(2)15(6-10(16)17)9-5-3-4-8(13)11(9)12(14)18/h3-5,7H,6H2,1-2H3,(H2,14,18)(H,16,17). The number of nitrogens with two attached hydrogens (primary N) is 1. The maximum atomic E-state index is 11.5. The first-order valence-electron chi connectivity index (χ1n) is 5.41. The summed E-state index contributed by atoms with van der Waals surface area (Å²) in [5.74, 6) is -1.55. The third kappa shape index (κ3) is 3.22. The Bertz CT molecular complexity index is 474. The van der Waals surface area contributed by atoms with Crippen LogP contribution in [0.1, 0.15) is 24.2 Å². The molecular weight excluding hydrogens is 300 g/mol. The van der Waals surface area contributed by atoms with Crippen LogP contribution < -0.4 is 10.6 Å². The molecule has 0 saturated carbocycles. The van der Waals surface area contributed by atoms with Crippen LogP contribution >= 0.6 is 15.9 Å². The van der Waals surface area contributed by atoms with E-state index in [0.29, 0.717) is 15.7 Å². The van der Waals surface area contributed by atoms with E-state index in [0.717, 1.165) is 0 Å². The van der Waals surface area contributed by atoms with E-state index < -0.39 is 11.9 Å². The van der Waals surface area contributed by atoms with Gasteiger partial charge in [-0.15, -0.1) is 0 Å². The lowest BCUT2D eigenvalue weighted by Gasteiger charge is -2.29. The van der Waals surface area contributed by atoms with Crippen LogP contribution in [0.2, 0.25) is 0 Å². The van der Waals surface area contributed by atoms with Gasteiger partial charge < -0.3 is 15.7 Å². The molecule has 0 saturated heterocycles. The van der Waals surface area contributed by atoms with E-state index in [-0.39, 0.29) is 12.6 Å². The number of nitrogens with zero attached hydrogens (tertiary/aromatic N) is 1. The van der Waals surface area contributed by atoms with E-state index in [1.54, 1.807) is 23.1 Å². The zero-order valence-electron chi connectivity index (χ0n) is 10.2. The second kappa shape index (κ2) is 5.86. The van der Waals surface area contributed by atoms with Crippen molar-refractivity contribution < 1.29 is 14.7 Å². The van der Waals surface area contributed by atoms with Gasteiger partial charge in [0.2, 0.25) is 0 Å². The fraction of sp³-hybridized carbons (Fsp3) is 0.333. The minimum atomic E-state index is -0.959. The predicted octanol–water partition coefficient (Wildman–Crippen LogP) is 1.85. The van der Waals surface area contributed by atoms with Gasteiger partial charge >= 0.3 is 5.97 Å². The second-order valence-corrected chi connectivity index (χ2v) is 4.97. The summed E-state index contributed by atoms with van der Waals surface area (Å²) in [7, 11) is 0. The molecule has 1 aromatic carbocycles. The number of carboxylic acids is 1. The number of carboxylic acid groups (broad SMARTS) is 1. The van der Waals surface area contributed by atoms with Crippen LogP contribution in [-0.2, 0) is 4.79 Å². The molecule has 6 heteroatoms. The molecule has 0 fully saturated rings. The molecular formula is C12H15BrN2O3. The summed E-state index contributed by atoms with van der Waals surface area (Å²) < 4.78 is 0.559. The van der Waals surface area contributed by atoms with Gasteiger partial charge in [0.25, 0.3) is 5.91 Å². The van der Waals surface area contributed by atoms with Crippen LogP contribution in [0.5, 0.6) is 0 Å². The average molecular weight is 315 g/mol. The van der Waals surface area contributed by atoms with Crippen molar-refractivity contribution in [1.82, 2.24) is 0 Å². The Hall–Kier alpha value is -1.56. The van der Waals surface area contributed by atoms with Crippen LogP contribution in [0.15, 0.2) is 22.7 Å². The molecule has 0 heterocycles. The molecule has 0 spiro atoms. The number of carbonyl (C=O) groups is 2. The first-order valence-corrected chi connectivity index (χ1v) is 6.20. The number of amides is 1. The summed E-state index contributed by atoms with van der Waals surface area (Å²) in [5, 5.41) is 8.92. The lowest BCUT2D eigenvalue weighted by molar-refractivity contribution is -0.135. The second-order valence-electron chi connectivity index (χ2n) is 4.11. The first kappa shape index (κ1) is 14.5. The van der Waals surface area contributed by atoms with Gasteiger partial charge in [0, 0.05) is 10.5 Å². The van der Waals surface area contributed by atoms with Crippen LogP contribution in [0, 0.1) is 0 Å². The third-order valence-corrected chi connectivity index (χ3v) is 3.14. The summed E-state index contributed by atoms with van der Waals surface area (Å²) >= 11 is 3.26. The first-order chi connectivity index (χ1) is 8.34. The molecule has 18 heavy (non-hydrogen) atoms. The molecule has 0 aliphatic heterocycles. The van der Waals surface area contributed by atoms with Gasteiger partial charge in [0.15, 0.2) is 0 Å². The largest absolute Gasteiger partial charge is 0.480 e. The SMILES string of the molecule is CC(C)N(CC(=O)O)c1cccc(Br)c1C(N)=O. The number of benzene rings is 1. The Morgan fingerprint density at radius 2 is 2.06 bits per heavy atom. The highest BCUT2D eigenvalue weighted by molar-refractivity contribution is 9.10. The molecule has 0 aromatic heterocycles. The van der Waals surface area contributed by atoms with Crippen molar-refractivity contribution in [3.8, 4) is 0 Å². The summed E-state index contributed by atoms with van der Waals surface area (Å²) in [6.45, 7) is 3.53. The van der Waals surface area contributed by atoms with Crippen molar-refractivity contribution in [3.63, 3.8) is 0 Å².